The van der Waals surface area contributed by atoms with E-state index >= 15 is 0 Å². The smallest absolute Gasteiger partial charge is 0.262 e. The molecule has 2 N–H and O–H groups in total. The van der Waals surface area contributed by atoms with Crippen LogP contribution in [0.5, 0.6) is 5.75 Å². The fourth-order valence-corrected chi connectivity index (χ4v) is 4.16. The predicted octanol–water partition coefficient (Wildman–Crippen LogP) is 4.87. The molecule has 0 spiro atoms. The molecule has 0 aromatic heterocycles. The summed E-state index contributed by atoms with van der Waals surface area (Å²) in [5.74, 6) is 0.260. The summed E-state index contributed by atoms with van der Waals surface area (Å²) < 4.78 is 33.4. The van der Waals surface area contributed by atoms with Gasteiger partial charge in [-0.15, -0.1) is 0 Å². The van der Waals surface area contributed by atoms with Crippen molar-refractivity contribution in [2.45, 2.75) is 24.7 Å². The topological polar surface area (TPSA) is 84.5 Å². The lowest BCUT2D eigenvalue weighted by atomic mass is 10.0. The quantitative estimate of drug-likeness (QED) is 0.567. The van der Waals surface area contributed by atoms with Crippen LogP contribution in [0.3, 0.4) is 0 Å². The molecule has 0 bridgehead atoms. The normalized spacial score (nSPS) is 11.2. The van der Waals surface area contributed by atoms with E-state index in [2.05, 4.69) is 10.0 Å². The maximum atomic E-state index is 12.8. The van der Waals surface area contributed by atoms with Crippen molar-refractivity contribution < 1.29 is 17.9 Å². The SMILES string of the molecule is COc1ccccc1NS(=O)(=O)c1cccc(C(=O)Nc2ccccc2C(C)C)c1. The number of amides is 1. The highest BCUT2D eigenvalue weighted by Crippen LogP contribution is 2.27. The number of nitrogens with one attached hydrogen (secondary N) is 2. The highest BCUT2D eigenvalue weighted by Gasteiger charge is 2.19. The van der Waals surface area contributed by atoms with E-state index in [-0.39, 0.29) is 22.3 Å². The third kappa shape index (κ3) is 4.80. The molecule has 7 heteroatoms. The molecular weight excluding hydrogens is 400 g/mol. The molecule has 3 aromatic rings. The first-order valence-corrected chi connectivity index (χ1v) is 11.0. The lowest BCUT2D eigenvalue weighted by molar-refractivity contribution is 0.102. The number of sulfonamides is 1. The van der Waals surface area contributed by atoms with Gasteiger partial charge in [-0.2, -0.15) is 0 Å². The van der Waals surface area contributed by atoms with Crippen LogP contribution in [0.15, 0.2) is 77.7 Å². The summed E-state index contributed by atoms with van der Waals surface area (Å²) in [6.45, 7) is 4.09. The largest absolute Gasteiger partial charge is 0.495 e. The van der Waals surface area contributed by atoms with Gasteiger partial charge in [-0.1, -0.05) is 50.2 Å². The van der Waals surface area contributed by atoms with Crippen LogP contribution in [-0.4, -0.2) is 21.4 Å². The Morgan fingerprint density at radius 1 is 0.900 bits per heavy atom. The second-order valence-corrected chi connectivity index (χ2v) is 8.71. The minimum absolute atomic E-state index is 0.0156. The summed E-state index contributed by atoms with van der Waals surface area (Å²) >= 11 is 0. The molecule has 0 radical (unpaired) electrons. The van der Waals surface area contributed by atoms with E-state index in [0.29, 0.717) is 17.1 Å². The van der Waals surface area contributed by atoms with Crippen molar-refractivity contribution in [1.82, 2.24) is 0 Å². The van der Waals surface area contributed by atoms with Crippen LogP contribution in [0, 0.1) is 0 Å². The number of anilines is 2. The number of hydrogen-bond donors (Lipinski definition) is 2. The zero-order valence-electron chi connectivity index (χ0n) is 17.0. The minimum Gasteiger partial charge on any atom is -0.495 e. The maximum absolute atomic E-state index is 12.8. The van der Waals surface area contributed by atoms with Gasteiger partial charge in [0.1, 0.15) is 5.75 Å². The molecular formula is C23H24N2O4S. The van der Waals surface area contributed by atoms with Gasteiger partial charge < -0.3 is 10.1 Å². The summed E-state index contributed by atoms with van der Waals surface area (Å²) in [6.07, 6.45) is 0. The molecule has 0 atom stereocenters. The molecule has 30 heavy (non-hydrogen) atoms. The maximum Gasteiger partial charge on any atom is 0.262 e. The van der Waals surface area contributed by atoms with Gasteiger partial charge in [0.05, 0.1) is 17.7 Å². The first-order valence-electron chi connectivity index (χ1n) is 9.48. The molecule has 0 aliphatic carbocycles. The standard InChI is InChI=1S/C23H24N2O4S/c1-16(2)19-11-4-5-12-20(19)24-23(26)17-9-8-10-18(15-17)30(27,28)25-21-13-6-7-14-22(21)29-3/h4-16,25H,1-3H3,(H,24,26). The van der Waals surface area contributed by atoms with Crippen molar-refractivity contribution in [1.29, 1.82) is 0 Å². The number of methoxy groups -OCH3 is 1. The lowest BCUT2D eigenvalue weighted by Crippen LogP contribution is -2.17. The molecule has 0 saturated heterocycles. The van der Waals surface area contributed by atoms with Crippen LogP contribution in [0.25, 0.3) is 0 Å². The lowest BCUT2D eigenvalue weighted by Gasteiger charge is -2.14. The number of para-hydroxylation sites is 3. The molecule has 0 aliphatic rings. The third-order valence-corrected chi connectivity index (χ3v) is 5.95. The van der Waals surface area contributed by atoms with Crippen molar-refractivity contribution in [3.63, 3.8) is 0 Å². The molecule has 156 valence electrons. The summed E-state index contributed by atoms with van der Waals surface area (Å²) in [7, 11) is -2.44. The number of hydrogen-bond acceptors (Lipinski definition) is 4. The molecule has 3 aromatic carbocycles. The van der Waals surface area contributed by atoms with Crippen molar-refractivity contribution in [3.8, 4) is 5.75 Å². The van der Waals surface area contributed by atoms with E-state index in [9.17, 15) is 13.2 Å². The van der Waals surface area contributed by atoms with Crippen molar-refractivity contribution in [2.75, 3.05) is 17.1 Å². The fourth-order valence-electron chi connectivity index (χ4n) is 3.05. The molecule has 0 aliphatic heterocycles. The van der Waals surface area contributed by atoms with Crippen LogP contribution in [0.1, 0.15) is 35.7 Å². The number of rotatable bonds is 7. The van der Waals surface area contributed by atoms with Crippen molar-refractivity contribution in [3.05, 3.63) is 83.9 Å². The Morgan fingerprint density at radius 3 is 2.27 bits per heavy atom. The number of carbonyl (C=O) groups is 1. The zero-order valence-corrected chi connectivity index (χ0v) is 17.9. The van der Waals surface area contributed by atoms with Crippen molar-refractivity contribution in [2.24, 2.45) is 0 Å². The Bertz CT molecular complexity index is 1160. The van der Waals surface area contributed by atoms with Crippen LogP contribution in [-0.2, 0) is 10.0 Å². The van der Waals surface area contributed by atoms with Gasteiger partial charge in [-0.25, -0.2) is 8.42 Å². The summed E-state index contributed by atoms with van der Waals surface area (Å²) in [6, 6.07) is 20.2. The molecule has 0 heterocycles. The molecule has 0 fully saturated rings. The van der Waals surface area contributed by atoms with E-state index in [1.807, 2.05) is 38.1 Å². The molecule has 0 unspecified atom stereocenters. The van der Waals surface area contributed by atoms with Gasteiger partial charge in [0.15, 0.2) is 0 Å². The molecule has 3 rings (SSSR count). The van der Waals surface area contributed by atoms with Crippen LogP contribution in [0.4, 0.5) is 11.4 Å². The second-order valence-electron chi connectivity index (χ2n) is 7.03. The van der Waals surface area contributed by atoms with Gasteiger partial charge in [0.25, 0.3) is 15.9 Å². The number of carbonyl (C=O) groups excluding carboxylic acids is 1. The average molecular weight is 425 g/mol. The van der Waals surface area contributed by atoms with Gasteiger partial charge >= 0.3 is 0 Å². The van der Waals surface area contributed by atoms with Crippen LogP contribution >= 0.6 is 0 Å². The Kier molecular flexibility index (Phi) is 6.42. The Morgan fingerprint density at radius 2 is 1.57 bits per heavy atom. The highest BCUT2D eigenvalue weighted by atomic mass is 32.2. The second kappa shape index (κ2) is 9.00. The van der Waals surface area contributed by atoms with E-state index in [4.69, 9.17) is 4.74 Å². The zero-order chi connectivity index (χ0) is 21.7. The first-order chi connectivity index (χ1) is 14.3. The van der Waals surface area contributed by atoms with Crippen LogP contribution in [0.2, 0.25) is 0 Å². The first kappa shape index (κ1) is 21.4. The van der Waals surface area contributed by atoms with Crippen molar-refractivity contribution >= 4 is 27.3 Å². The average Bonchev–Trinajstić information content (AvgIpc) is 2.74. The summed E-state index contributed by atoms with van der Waals surface area (Å²) in [5, 5.41) is 2.88. The third-order valence-electron chi connectivity index (χ3n) is 4.59. The molecule has 0 saturated carbocycles. The fraction of sp³-hybridized carbons (Fsp3) is 0.174. The molecule has 6 nitrogen and oxygen atoms in total. The van der Waals surface area contributed by atoms with Crippen LogP contribution < -0.4 is 14.8 Å². The van der Waals surface area contributed by atoms with E-state index in [1.54, 1.807) is 36.4 Å². The van der Waals surface area contributed by atoms with Gasteiger partial charge in [-0.05, 0) is 47.9 Å². The van der Waals surface area contributed by atoms with Gasteiger partial charge in [0.2, 0.25) is 0 Å². The molecule has 1 amide bonds. The summed E-state index contributed by atoms with van der Waals surface area (Å²) in [5.41, 5.74) is 2.28. The number of benzene rings is 3. The Hall–Kier alpha value is -3.32. The van der Waals surface area contributed by atoms with Gasteiger partial charge in [0, 0.05) is 11.3 Å². The Balaban J connectivity index is 1.86. The van der Waals surface area contributed by atoms with Gasteiger partial charge in [-0.3, -0.25) is 9.52 Å². The van der Waals surface area contributed by atoms with E-state index in [1.165, 1.54) is 19.2 Å². The highest BCUT2D eigenvalue weighted by molar-refractivity contribution is 7.92. The van der Waals surface area contributed by atoms with E-state index < -0.39 is 10.0 Å². The number of ether oxygens (including phenoxy) is 1. The van der Waals surface area contributed by atoms with E-state index in [0.717, 1.165) is 5.56 Å². The Labute approximate surface area is 177 Å². The predicted molar refractivity (Wildman–Crippen MR) is 119 cm³/mol. The summed E-state index contributed by atoms with van der Waals surface area (Å²) in [4.78, 5) is 12.8. The monoisotopic (exact) mass is 424 g/mol. The minimum atomic E-state index is -3.91.